The van der Waals surface area contributed by atoms with Crippen molar-refractivity contribution in [3.63, 3.8) is 0 Å². The number of carbonyl (C=O) groups excluding carboxylic acids is 1. The van der Waals surface area contributed by atoms with Crippen LogP contribution in [-0.4, -0.2) is 5.91 Å². The van der Waals surface area contributed by atoms with Crippen molar-refractivity contribution < 1.29 is 4.79 Å². The van der Waals surface area contributed by atoms with Crippen molar-refractivity contribution in [2.24, 2.45) is 23.6 Å². The van der Waals surface area contributed by atoms with Crippen LogP contribution in [0.15, 0.2) is 0 Å². The maximum Gasteiger partial charge on any atom is 0.236 e. The Bertz CT molecular complexity index is 293. The second-order valence-electron chi connectivity index (χ2n) is 6.94. The van der Waals surface area contributed by atoms with Crippen LogP contribution in [0, 0.1) is 17.8 Å². The molecule has 2 fully saturated rings. The number of fused-ring (bicyclic) bond motifs is 1. The van der Waals surface area contributed by atoms with Crippen LogP contribution in [0.2, 0.25) is 0 Å². The molecule has 0 aromatic rings. The molecule has 0 aliphatic heterocycles. The lowest BCUT2D eigenvalue weighted by Crippen LogP contribution is -2.36. The Morgan fingerprint density at radius 3 is 1.95 bits per heavy atom. The van der Waals surface area contributed by atoms with Gasteiger partial charge in [0, 0.05) is 5.92 Å². The van der Waals surface area contributed by atoms with Gasteiger partial charge >= 0.3 is 0 Å². The number of amides is 1. The first kappa shape index (κ1) is 15.8. The average molecular weight is 280 g/mol. The zero-order valence-electron chi connectivity index (χ0n) is 12.9. The lowest BCUT2D eigenvalue weighted by atomic mass is 9.93. The molecule has 3 unspecified atom stereocenters. The summed E-state index contributed by atoms with van der Waals surface area (Å²) in [6.07, 6.45) is 17.0. The van der Waals surface area contributed by atoms with E-state index in [2.05, 4.69) is 5.43 Å². The van der Waals surface area contributed by atoms with Crippen LogP contribution in [0.25, 0.3) is 0 Å². The van der Waals surface area contributed by atoms with Crippen molar-refractivity contribution in [3.05, 3.63) is 0 Å². The van der Waals surface area contributed by atoms with Gasteiger partial charge in [-0.3, -0.25) is 10.2 Å². The Morgan fingerprint density at radius 1 is 0.750 bits per heavy atom. The van der Waals surface area contributed by atoms with Gasteiger partial charge in [0.2, 0.25) is 5.91 Å². The van der Waals surface area contributed by atoms with Gasteiger partial charge < -0.3 is 0 Å². The van der Waals surface area contributed by atoms with E-state index >= 15 is 0 Å². The fourth-order valence-electron chi connectivity index (χ4n) is 3.81. The fourth-order valence-corrected chi connectivity index (χ4v) is 3.81. The molecule has 3 heteroatoms. The Kier molecular flexibility index (Phi) is 6.85. The molecule has 1 amide bonds. The van der Waals surface area contributed by atoms with Crippen LogP contribution in [0.4, 0.5) is 0 Å². The molecular formula is C17H32N2O. The normalized spacial score (nSPS) is 33.4. The highest BCUT2D eigenvalue weighted by molar-refractivity contribution is 5.77. The maximum atomic E-state index is 11.8. The van der Waals surface area contributed by atoms with E-state index in [0.29, 0.717) is 0 Å². The summed E-state index contributed by atoms with van der Waals surface area (Å²) in [5.74, 6) is 7.44. The van der Waals surface area contributed by atoms with Crippen molar-refractivity contribution in [2.45, 2.75) is 83.5 Å². The molecular weight excluding hydrogens is 248 g/mol. The molecule has 0 saturated heterocycles. The van der Waals surface area contributed by atoms with Crippen molar-refractivity contribution >= 4 is 5.91 Å². The Labute approximate surface area is 124 Å². The van der Waals surface area contributed by atoms with E-state index in [4.69, 9.17) is 5.84 Å². The number of carbonyl (C=O) groups is 1. The molecule has 2 rings (SSSR count). The topological polar surface area (TPSA) is 55.1 Å². The monoisotopic (exact) mass is 280 g/mol. The van der Waals surface area contributed by atoms with Gasteiger partial charge in [0.25, 0.3) is 0 Å². The number of hydrogen-bond donors (Lipinski definition) is 2. The van der Waals surface area contributed by atoms with E-state index in [1.165, 1.54) is 70.6 Å². The first-order chi connectivity index (χ1) is 9.81. The number of hydrogen-bond acceptors (Lipinski definition) is 2. The van der Waals surface area contributed by atoms with Crippen LogP contribution < -0.4 is 11.3 Å². The first-order valence-corrected chi connectivity index (χ1v) is 8.81. The predicted octanol–water partition coefficient (Wildman–Crippen LogP) is 3.92. The van der Waals surface area contributed by atoms with E-state index in [9.17, 15) is 4.79 Å². The number of nitrogens with two attached hydrogens (primary N) is 1. The summed E-state index contributed by atoms with van der Waals surface area (Å²) in [5.41, 5.74) is 2.37. The largest absolute Gasteiger partial charge is 0.294 e. The van der Waals surface area contributed by atoms with Gasteiger partial charge in [-0.2, -0.15) is 0 Å². The molecule has 20 heavy (non-hydrogen) atoms. The van der Waals surface area contributed by atoms with Crippen molar-refractivity contribution in [2.75, 3.05) is 0 Å². The molecule has 2 saturated carbocycles. The third-order valence-corrected chi connectivity index (χ3v) is 5.35. The molecule has 0 spiro atoms. The summed E-state index contributed by atoms with van der Waals surface area (Å²) < 4.78 is 0. The quantitative estimate of drug-likeness (QED) is 0.434. The van der Waals surface area contributed by atoms with E-state index < -0.39 is 0 Å². The lowest BCUT2D eigenvalue weighted by Gasteiger charge is -2.15. The van der Waals surface area contributed by atoms with Gasteiger partial charge in [-0.15, -0.1) is 0 Å². The summed E-state index contributed by atoms with van der Waals surface area (Å²) in [6.45, 7) is 0. The molecule has 0 aromatic heterocycles. The van der Waals surface area contributed by atoms with Crippen molar-refractivity contribution in [3.8, 4) is 0 Å². The minimum absolute atomic E-state index is 0.0616. The smallest absolute Gasteiger partial charge is 0.236 e. The van der Waals surface area contributed by atoms with Crippen LogP contribution in [0.3, 0.4) is 0 Å². The van der Waals surface area contributed by atoms with Crippen LogP contribution in [0.1, 0.15) is 83.5 Å². The van der Waals surface area contributed by atoms with Gasteiger partial charge in [0.05, 0.1) is 0 Å². The molecule has 0 aromatic carbocycles. The summed E-state index contributed by atoms with van der Waals surface area (Å²) in [5, 5.41) is 0. The molecule has 116 valence electrons. The average Bonchev–Trinajstić information content (AvgIpc) is 3.20. The number of nitrogens with one attached hydrogen (secondary N) is 1. The second kappa shape index (κ2) is 8.66. The van der Waals surface area contributed by atoms with E-state index in [-0.39, 0.29) is 11.8 Å². The second-order valence-corrected chi connectivity index (χ2v) is 6.94. The molecule has 0 radical (unpaired) electrons. The van der Waals surface area contributed by atoms with Gasteiger partial charge in [-0.1, -0.05) is 57.8 Å². The summed E-state index contributed by atoms with van der Waals surface area (Å²) in [4.78, 5) is 11.8. The number of hydrazine groups is 1. The van der Waals surface area contributed by atoms with E-state index in [1.54, 1.807) is 0 Å². The highest BCUT2D eigenvalue weighted by Crippen LogP contribution is 2.46. The van der Waals surface area contributed by atoms with Crippen molar-refractivity contribution in [1.29, 1.82) is 0 Å². The molecule has 3 N–H and O–H groups in total. The van der Waals surface area contributed by atoms with E-state index in [1.807, 2.05) is 0 Å². The van der Waals surface area contributed by atoms with Gasteiger partial charge in [0.15, 0.2) is 0 Å². The van der Waals surface area contributed by atoms with Gasteiger partial charge in [-0.05, 0) is 37.5 Å². The SMILES string of the molecule is NNC(=O)C1CCCCCCCCCCC2CC2CC1. The van der Waals surface area contributed by atoms with Crippen LogP contribution >= 0.6 is 0 Å². The highest BCUT2D eigenvalue weighted by Gasteiger charge is 2.36. The summed E-state index contributed by atoms with van der Waals surface area (Å²) in [6, 6.07) is 0. The Balaban J connectivity index is 1.78. The standard InChI is InChI=1S/C17H32N2O/c18-19-17(20)14-9-7-5-3-1-2-4-6-8-10-15-13-16(15)12-11-14/h14-16H,1-13,18H2,(H,19,20). The third kappa shape index (κ3) is 5.43. The predicted molar refractivity (Wildman–Crippen MR) is 82.8 cm³/mol. The number of rotatable bonds is 1. The fraction of sp³-hybridized carbons (Fsp3) is 0.941. The minimum Gasteiger partial charge on any atom is -0.294 e. The summed E-state index contributed by atoms with van der Waals surface area (Å²) in [7, 11) is 0. The molecule has 2 aliphatic rings. The first-order valence-electron chi connectivity index (χ1n) is 8.81. The Morgan fingerprint density at radius 2 is 1.30 bits per heavy atom. The van der Waals surface area contributed by atoms with Crippen LogP contribution in [0.5, 0.6) is 0 Å². The lowest BCUT2D eigenvalue weighted by molar-refractivity contribution is -0.125. The van der Waals surface area contributed by atoms with Gasteiger partial charge in [-0.25, -0.2) is 5.84 Å². The zero-order valence-corrected chi connectivity index (χ0v) is 12.9. The molecule has 0 heterocycles. The summed E-state index contributed by atoms with van der Waals surface area (Å²) >= 11 is 0. The molecule has 2 aliphatic carbocycles. The molecule has 3 atom stereocenters. The highest BCUT2D eigenvalue weighted by atomic mass is 16.2. The minimum atomic E-state index is 0.0616. The van der Waals surface area contributed by atoms with Crippen molar-refractivity contribution in [1.82, 2.24) is 5.43 Å². The molecule has 3 nitrogen and oxygen atoms in total. The van der Waals surface area contributed by atoms with E-state index in [0.717, 1.165) is 24.7 Å². The van der Waals surface area contributed by atoms with Crippen LogP contribution in [-0.2, 0) is 4.79 Å². The Hall–Kier alpha value is -0.570. The maximum absolute atomic E-state index is 11.8. The molecule has 0 bridgehead atoms. The van der Waals surface area contributed by atoms with Gasteiger partial charge in [0.1, 0.15) is 0 Å². The zero-order chi connectivity index (χ0) is 14.2. The third-order valence-electron chi connectivity index (χ3n) is 5.35.